The Bertz CT molecular complexity index is 2100. The zero-order valence-corrected chi connectivity index (χ0v) is 30.6. The Morgan fingerprint density at radius 1 is 0.907 bits per heavy atom. The van der Waals surface area contributed by atoms with E-state index in [0.717, 1.165) is 0 Å². The molecule has 14 N–H and O–H groups in total. The highest BCUT2D eigenvalue weighted by Gasteiger charge is 2.49. The summed E-state index contributed by atoms with van der Waals surface area (Å²) in [6.45, 7) is -0.637. The molecule has 3 aromatic rings. The highest BCUT2D eigenvalue weighted by molar-refractivity contribution is 7.66. The summed E-state index contributed by atoms with van der Waals surface area (Å²) in [5.74, 6) is -0.715. The molecule has 2 aliphatic rings. The van der Waals surface area contributed by atoms with Gasteiger partial charge in [0.1, 0.15) is 42.4 Å². The molecule has 2 aliphatic heterocycles. The van der Waals surface area contributed by atoms with Crippen molar-refractivity contribution < 1.29 is 75.9 Å². The van der Waals surface area contributed by atoms with Crippen molar-refractivity contribution in [1.82, 2.24) is 29.5 Å². The fourth-order valence-electron chi connectivity index (χ4n) is 5.54. The Kier molecular flexibility index (Phi) is 12.4. The number of ether oxygens (including phenoxy) is 2. The van der Waals surface area contributed by atoms with Crippen molar-refractivity contribution in [2.75, 3.05) is 48.5 Å². The zero-order valence-electron chi connectivity index (χ0n) is 27.9. The third kappa shape index (κ3) is 9.17. The zero-order chi connectivity index (χ0) is 39.9. The van der Waals surface area contributed by atoms with Crippen LogP contribution in [0.2, 0.25) is 0 Å². The maximum Gasteiger partial charge on any atom is 0.490 e. The first kappa shape index (κ1) is 41.8. The molecule has 0 aliphatic carbocycles. The van der Waals surface area contributed by atoms with Gasteiger partial charge in [-0.2, -0.15) is 18.6 Å². The number of likely N-dealkylation sites (N-methyl/N-ethyl adjacent to an activating group) is 1. The molecule has 0 aromatic carbocycles. The number of nitrogens with one attached hydrogen (secondary N) is 3. The van der Waals surface area contributed by atoms with Crippen LogP contribution in [-0.4, -0.2) is 134 Å². The maximum absolute atomic E-state index is 12.6. The number of hydrogen-bond acceptors (Lipinski definition) is 22. The molecular weight excluding hydrogens is 797 g/mol. The molecule has 6 unspecified atom stereocenters. The van der Waals surface area contributed by atoms with Crippen molar-refractivity contribution >= 4 is 58.0 Å². The number of phosphoric ester groups is 2. The number of nitrogens with two attached hydrogens (primary N) is 2. The smallest absolute Gasteiger partial charge is 0.390 e. The van der Waals surface area contributed by atoms with Gasteiger partial charge in [-0.3, -0.25) is 33.2 Å². The number of phosphoric acid groups is 3. The van der Waals surface area contributed by atoms with Crippen LogP contribution in [0.5, 0.6) is 0 Å². The van der Waals surface area contributed by atoms with E-state index in [2.05, 4.69) is 47.9 Å². The van der Waals surface area contributed by atoms with Crippen LogP contribution in [0.3, 0.4) is 0 Å². The molecule has 0 spiro atoms. The topological polar surface area (TPSA) is 425 Å². The van der Waals surface area contributed by atoms with Crippen LogP contribution in [0.4, 0.5) is 23.4 Å². The van der Waals surface area contributed by atoms with Crippen molar-refractivity contribution in [2.45, 2.75) is 62.4 Å². The van der Waals surface area contributed by atoms with Gasteiger partial charge in [-0.05, 0) is 6.92 Å². The second-order valence-corrected chi connectivity index (χ2v) is 16.2. The van der Waals surface area contributed by atoms with E-state index in [9.17, 15) is 58.4 Å². The number of aromatic nitrogens is 6. The molecule has 0 saturated carbocycles. The Morgan fingerprint density at radius 3 is 2.11 bits per heavy atom. The van der Waals surface area contributed by atoms with E-state index >= 15 is 0 Å². The van der Waals surface area contributed by atoms with Crippen molar-refractivity contribution in [3.8, 4) is 0 Å². The summed E-state index contributed by atoms with van der Waals surface area (Å²) in [6.07, 6.45) is -12.0. The average Bonchev–Trinajstić information content (AvgIpc) is 3.65. The lowest BCUT2D eigenvalue weighted by molar-refractivity contribution is -0.227. The minimum absolute atomic E-state index is 0.00251. The van der Waals surface area contributed by atoms with Gasteiger partial charge in [0.2, 0.25) is 11.9 Å². The van der Waals surface area contributed by atoms with E-state index in [1.807, 2.05) is 0 Å². The summed E-state index contributed by atoms with van der Waals surface area (Å²) in [7, 11) is -16.0. The summed E-state index contributed by atoms with van der Waals surface area (Å²) in [5, 5.41) is 44.8. The summed E-state index contributed by atoms with van der Waals surface area (Å²) in [5.41, 5.74) is 9.65. The van der Waals surface area contributed by atoms with Crippen molar-refractivity contribution in [2.24, 2.45) is 0 Å². The van der Waals surface area contributed by atoms with E-state index in [1.165, 1.54) is 29.8 Å². The number of hydrogen-bond donors (Lipinski definition) is 12. The monoisotopic (exact) mass is 834 g/mol. The molecule has 2 fully saturated rings. The lowest BCUT2D eigenvalue weighted by Crippen LogP contribution is -2.63. The van der Waals surface area contributed by atoms with Gasteiger partial charge >= 0.3 is 23.5 Å². The third-order valence-electron chi connectivity index (χ3n) is 7.96. The molecule has 0 amide bonds. The largest absolute Gasteiger partial charge is 0.490 e. The number of aliphatic hydroxyl groups excluding tert-OH is 4. The van der Waals surface area contributed by atoms with E-state index in [1.54, 1.807) is 0 Å². The first-order valence-corrected chi connectivity index (χ1v) is 19.9. The molecule has 54 heavy (non-hydrogen) atoms. The molecular formula is C23H37N10O18P3. The van der Waals surface area contributed by atoms with Gasteiger partial charge in [-0.15, -0.1) is 0 Å². The summed E-state index contributed by atoms with van der Waals surface area (Å²) in [4.78, 5) is 72.3. The molecule has 0 radical (unpaired) electrons. The predicted octanol–water partition coefficient (Wildman–Crippen LogP) is -3.24. The molecule has 2 saturated heterocycles. The van der Waals surface area contributed by atoms with Gasteiger partial charge in [-0.25, -0.2) is 18.7 Å². The fourth-order valence-corrected chi connectivity index (χ4v) is 9.06. The van der Waals surface area contributed by atoms with Crippen molar-refractivity contribution in [3.05, 3.63) is 27.0 Å². The van der Waals surface area contributed by atoms with E-state index in [-0.39, 0.29) is 47.5 Å². The molecule has 5 heterocycles. The first-order valence-electron chi connectivity index (χ1n) is 15.5. The molecule has 28 nitrogen and oxygen atoms in total. The van der Waals surface area contributed by atoms with Crippen LogP contribution >= 0.6 is 23.5 Å². The lowest BCUT2D eigenvalue weighted by Gasteiger charge is -2.45. The molecule has 3 aromatic heterocycles. The second-order valence-electron chi connectivity index (χ2n) is 11.6. The fraction of sp³-hybridized carbons (Fsp3) is 0.609. The number of nitrogens with zero attached hydrogens (tertiary/aromatic N) is 5. The SMILES string of the molecule is CCN(c1nc(N)[nH]c(=O)c1NC)C1O[C@H](COP(=O)(O)OP(=O)(O)OP(=O)(O)OCC2OC(n3cnc4c(=O)[nH]c(N)nc43)C[C@@H]2O)[C@@H](O)[C@H](O)[C@H]1O. The van der Waals surface area contributed by atoms with Gasteiger partial charge in [0.25, 0.3) is 11.1 Å². The Morgan fingerprint density at radius 2 is 1.50 bits per heavy atom. The van der Waals surface area contributed by atoms with Crippen LogP contribution in [0, 0.1) is 0 Å². The summed E-state index contributed by atoms with van der Waals surface area (Å²) in [6, 6.07) is 0. The van der Waals surface area contributed by atoms with Crippen LogP contribution in [0.25, 0.3) is 11.2 Å². The van der Waals surface area contributed by atoms with Crippen LogP contribution in [-0.2, 0) is 40.8 Å². The van der Waals surface area contributed by atoms with E-state index in [0.29, 0.717) is 0 Å². The van der Waals surface area contributed by atoms with E-state index in [4.69, 9.17) is 20.9 Å². The number of imidazole rings is 1. The molecule has 302 valence electrons. The summed E-state index contributed by atoms with van der Waals surface area (Å²) >= 11 is 0. The number of nitrogen functional groups attached to an aromatic ring is 2. The number of H-pyrrole nitrogens is 2. The first-order chi connectivity index (χ1) is 25.2. The lowest BCUT2D eigenvalue weighted by atomic mass is 9.97. The standard InChI is InChI=1S/C23H37N10O18P3/c1-3-32(17-12(26-2)19(38)30-22(24)28-17)21-16(37)15(36)14(35)10(49-21)6-47-53(42,43)51-54(44,45)50-52(40,41)46-5-9-8(34)4-11(48-9)33-7-27-13-18(33)29-23(25)31-20(13)39/h7-11,14-16,21,26,34-37H,3-6H2,1-2H3,(H,40,41)(H,42,43)(H,44,45)(H3,24,28,30,38)(H3,25,29,31,39)/t8-,9?,10+,11?,14+,15-,16+,21?/m0/s1. The molecule has 31 heteroatoms. The predicted molar refractivity (Wildman–Crippen MR) is 179 cm³/mol. The van der Waals surface area contributed by atoms with Gasteiger partial charge in [0.15, 0.2) is 23.2 Å². The molecule has 5 rings (SSSR count). The number of anilines is 4. The highest BCUT2D eigenvalue weighted by atomic mass is 31.3. The minimum atomic E-state index is -6.00. The van der Waals surface area contributed by atoms with Gasteiger partial charge < -0.3 is 66.3 Å². The Labute approximate surface area is 301 Å². The van der Waals surface area contributed by atoms with Crippen molar-refractivity contribution in [3.63, 3.8) is 0 Å². The number of aliphatic hydroxyl groups is 4. The maximum atomic E-state index is 12.6. The normalized spacial score (nSPS) is 29.4. The van der Waals surface area contributed by atoms with Gasteiger partial charge in [-0.1, -0.05) is 0 Å². The minimum Gasteiger partial charge on any atom is -0.390 e. The number of rotatable bonds is 15. The van der Waals surface area contributed by atoms with Crippen LogP contribution in [0.15, 0.2) is 15.9 Å². The van der Waals surface area contributed by atoms with Crippen molar-refractivity contribution in [1.29, 1.82) is 0 Å². The second kappa shape index (κ2) is 16.0. The van der Waals surface area contributed by atoms with Crippen LogP contribution < -0.4 is 32.8 Å². The van der Waals surface area contributed by atoms with Gasteiger partial charge in [0, 0.05) is 20.0 Å². The highest BCUT2D eigenvalue weighted by Crippen LogP contribution is 2.67. The Hall–Kier alpha value is -3.40. The number of aromatic amines is 2. The summed E-state index contributed by atoms with van der Waals surface area (Å²) < 4.78 is 67.6. The van der Waals surface area contributed by atoms with Gasteiger partial charge in [0.05, 0.1) is 25.6 Å². The van der Waals surface area contributed by atoms with E-state index < -0.39 is 96.9 Å². The average molecular weight is 835 g/mol. The number of fused-ring (bicyclic) bond motifs is 1. The Balaban J connectivity index is 1.19. The third-order valence-corrected chi connectivity index (χ3v) is 12.2. The quantitative estimate of drug-likeness (QED) is 0.0669. The van der Waals surface area contributed by atoms with Crippen LogP contribution in [0.1, 0.15) is 19.6 Å². The molecule has 11 atom stereocenters. The molecule has 0 bridgehead atoms.